The number of carbonyl (C=O) groups excluding carboxylic acids is 2. The Hall–Kier alpha value is -0.680. The predicted octanol–water partition coefficient (Wildman–Crippen LogP) is 0.997. The first-order valence-electron chi connectivity index (χ1n) is 3.27. The molecule has 0 spiro atoms. The van der Waals surface area contributed by atoms with Crippen LogP contribution in [0.15, 0.2) is 10.5 Å². The van der Waals surface area contributed by atoms with Crippen molar-refractivity contribution >= 4 is 40.0 Å². The molecule has 0 bridgehead atoms. The molecule has 1 aliphatic rings. The largest absolute Gasteiger partial charge is 0.307 e. The molecule has 0 atom stereocenters. The van der Waals surface area contributed by atoms with Gasteiger partial charge in [0.2, 0.25) is 0 Å². The zero-order valence-electron chi connectivity index (χ0n) is 6.63. The van der Waals surface area contributed by atoms with Crippen molar-refractivity contribution in [2.75, 3.05) is 0 Å². The number of hydrogen-bond donors (Lipinski definition) is 1. The molecule has 3 nitrogen and oxygen atoms in total. The topological polar surface area (TPSA) is 46.2 Å². The van der Waals surface area contributed by atoms with Gasteiger partial charge in [0.25, 0.3) is 5.91 Å². The van der Waals surface area contributed by atoms with Gasteiger partial charge < -0.3 is 5.32 Å². The summed E-state index contributed by atoms with van der Waals surface area (Å²) >= 11 is 5.90. The molecular weight excluding hydrogens is 194 g/mol. The number of carbonyl (C=O) groups is 2. The van der Waals surface area contributed by atoms with E-state index in [0.29, 0.717) is 14.8 Å². The highest BCUT2D eigenvalue weighted by Crippen LogP contribution is 2.26. The smallest absolute Gasteiger partial charge is 0.263 e. The van der Waals surface area contributed by atoms with Crippen LogP contribution in [0.3, 0.4) is 0 Å². The minimum atomic E-state index is -0.266. The Morgan fingerprint density at radius 2 is 2.08 bits per heavy atom. The second-order valence-corrected chi connectivity index (χ2v) is 4.04. The SMILES string of the molecule is CC(=O)/C(C)=C1\SC(=S)NC1=O. The molecule has 1 fully saturated rings. The van der Waals surface area contributed by atoms with Gasteiger partial charge in [0.1, 0.15) is 4.32 Å². The minimum Gasteiger partial charge on any atom is -0.307 e. The summed E-state index contributed by atoms with van der Waals surface area (Å²) in [7, 11) is 0. The lowest BCUT2D eigenvalue weighted by molar-refractivity contribution is -0.116. The van der Waals surface area contributed by atoms with E-state index in [2.05, 4.69) is 5.32 Å². The highest BCUT2D eigenvalue weighted by molar-refractivity contribution is 8.26. The monoisotopic (exact) mass is 201 g/mol. The Kier molecular flexibility index (Phi) is 2.64. The molecule has 0 aromatic carbocycles. The highest BCUT2D eigenvalue weighted by Gasteiger charge is 2.25. The first-order chi connectivity index (χ1) is 5.52. The van der Waals surface area contributed by atoms with Gasteiger partial charge in [-0.15, -0.1) is 0 Å². The van der Waals surface area contributed by atoms with Gasteiger partial charge in [-0.05, 0) is 13.8 Å². The lowest BCUT2D eigenvalue weighted by Gasteiger charge is -1.95. The molecule has 1 N–H and O–H groups in total. The van der Waals surface area contributed by atoms with E-state index in [4.69, 9.17) is 12.2 Å². The average molecular weight is 201 g/mol. The summed E-state index contributed by atoms with van der Waals surface area (Å²) in [6.07, 6.45) is 0. The normalized spacial score (nSPS) is 20.8. The quantitative estimate of drug-likeness (QED) is 0.508. The molecule has 0 aromatic rings. The molecule has 12 heavy (non-hydrogen) atoms. The van der Waals surface area contributed by atoms with Gasteiger partial charge in [0, 0.05) is 5.57 Å². The van der Waals surface area contributed by atoms with Crippen LogP contribution >= 0.6 is 24.0 Å². The molecule has 0 unspecified atom stereocenters. The van der Waals surface area contributed by atoms with Crippen LogP contribution in [0.4, 0.5) is 0 Å². The Balaban J connectivity index is 3.03. The zero-order chi connectivity index (χ0) is 9.30. The van der Waals surface area contributed by atoms with Crippen molar-refractivity contribution in [1.82, 2.24) is 5.32 Å². The molecule has 1 rings (SSSR count). The number of ketones is 1. The van der Waals surface area contributed by atoms with Gasteiger partial charge in [0.15, 0.2) is 5.78 Å². The fourth-order valence-corrected chi connectivity index (χ4v) is 1.83. The summed E-state index contributed by atoms with van der Waals surface area (Å²) < 4.78 is 0.413. The van der Waals surface area contributed by atoms with Crippen molar-refractivity contribution in [2.45, 2.75) is 13.8 Å². The number of allylic oxidation sites excluding steroid dienone is 1. The van der Waals surface area contributed by atoms with E-state index in [1.165, 1.54) is 6.92 Å². The molecule has 0 aromatic heterocycles. The third kappa shape index (κ3) is 1.73. The van der Waals surface area contributed by atoms with Gasteiger partial charge in [-0.3, -0.25) is 9.59 Å². The lowest BCUT2D eigenvalue weighted by Crippen LogP contribution is -2.18. The summed E-state index contributed by atoms with van der Waals surface area (Å²) in [4.78, 5) is 22.4. The Morgan fingerprint density at radius 3 is 2.42 bits per heavy atom. The van der Waals surface area contributed by atoms with Crippen molar-refractivity contribution in [1.29, 1.82) is 0 Å². The average Bonchev–Trinajstić information content (AvgIpc) is 2.28. The second kappa shape index (κ2) is 3.37. The maximum Gasteiger partial charge on any atom is 0.263 e. The van der Waals surface area contributed by atoms with Crippen molar-refractivity contribution in [3.05, 3.63) is 10.5 Å². The van der Waals surface area contributed by atoms with E-state index >= 15 is 0 Å². The van der Waals surface area contributed by atoms with Crippen LogP contribution < -0.4 is 5.32 Å². The van der Waals surface area contributed by atoms with Gasteiger partial charge in [-0.25, -0.2) is 0 Å². The maximum atomic E-state index is 11.1. The molecule has 5 heteroatoms. The third-order valence-corrected chi connectivity index (χ3v) is 2.82. The fourth-order valence-electron chi connectivity index (χ4n) is 0.721. The number of Topliss-reactive ketones (excluding diaryl/α,β-unsaturated/α-hetero) is 1. The summed E-state index contributed by atoms with van der Waals surface area (Å²) in [5.74, 6) is -0.366. The molecule has 1 amide bonds. The first-order valence-corrected chi connectivity index (χ1v) is 4.50. The van der Waals surface area contributed by atoms with Crippen LogP contribution in [0, 0.1) is 0 Å². The van der Waals surface area contributed by atoms with Crippen molar-refractivity contribution in [2.24, 2.45) is 0 Å². The molecular formula is C7H7NO2S2. The van der Waals surface area contributed by atoms with Crippen molar-refractivity contribution in [3.63, 3.8) is 0 Å². The first kappa shape index (κ1) is 9.41. The second-order valence-electron chi connectivity index (χ2n) is 2.35. The predicted molar refractivity (Wildman–Crippen MR) is 51.7 cm³/mol. The van der Waals surface area contributed by atoms with E-state index in [1.807, 2.05) is 0 Å². The summed E-state index contributed by atoms with van der Waals surface area (Å²) in [5, 5.41) is 2.45. The number of thiocarbonyl (C=S) groups is 1. The van der Waals surface area contributed by atoms with Crippen LogP contribution in [0.5, 0.6) is 0 Å². The van der Waals surface area contributed by atoms with Gasteiger partial charge in [-0.1, -0.05) is 24.0 Å². The Morgan fingerprint density at radius 1 is 1.50 bits per heavy atom. The fraction of sp³-hybridized carbons (Fsp3) is 0.286. The molecule has 0 aliphatic carbocycles. The number of rotatable bonds is 1. The summed E-state index contributed by atoms with van der Waals surface area (Å²) in [6.45, 7) is 3.05. The number of hydrogen-bond acceptors (Lipinski definition) is 4. The number of nitrogens with one attached hydrogen (secondary N) is 1. The molecule has 1 aliphatic heterocycles. The number of thioether (sulfide) groups is 1. The summed E-state index contributed by atoms with van der Waals surface area (Å²) in [6, 6.07) is 0. The van der Waals surface area contributed by atoms with Crippen molar-refractivity contribution < 1.29 is 9.59 Å². The van der Waals surface area contributed by atoms with Crippen molar-refractivity contribution in [3.8, 4) is 0 Å². The van der Waals surface area contributed by atoms with E-state index in [9.17, 15) is 9.59 Å². The van der Waals surface area contributed by atoms with Gasteiger partial charge in [-0.2, -0.15) is 0 Å². The van der Waals surface area contributed by atoms with Crippen LogP contribution in [0.2, 0.25) is 0 Å². The molecule has 1 heterocycles. The van der Waals surface area contributed by atoms with Crippen LogP contribution in [0.1, 0.15) is 13.8 Å². The Bertz CT molecular complexity index is 307. The highest BCUT2D eigenvalue weighted by atomic mass is 32.2. The zero-order valence-corrected chi connectivity index (χ0v) is 8.27. The standard InChI is InChI=1S/C7H7NO2S2/c1-3(4(2)9)5-6(10)8-7(11)12-5/h1-2H3,(H,8,10,11)/b5-3-. The van der Waals surface area contributed by atoms with Crippen LogP contribution in [-0.4, -0.2) is 16.0 Å². The van der Waals surface area contributed by atoms with Gasteiger partial charge >= 0.3 is 0 Å². The molecule has 1 saturated heterocycles. The van der Waals surface area contributed by atoms with Gasteiger partial charge in [0.05, 0.1) is 4.91 Å². The van der Waals surface area contributed by atoms with E-state index in [0.717, 1.165) is 11.8 Å². The molecule has 0 radical (unpaired) electrons. The summed E-state index contributed by atoms with van der Waals surface area (Å²) in [5.41, 5.74) is 0.470. The van der Waals surface area contributed by atoms with Crippen LogP contribution in [0.25, 0.3) is 0 Å². The van der Waals surface area contributed by atoms with E-state index in [1.54, 1.807) is 6.92 Å². The molecule has 64 valence electrons. The minimum absolute atomic E-state index is 0.0997. The number of amides is 1. The maximum absolute atomic E-state index is 11.1. The lowest BCUT2D eigenvalue weighted by atomic mass is 10.2. The molecule has 0 saturated carbocycles. The Labute approximate surface area is 79.6 Å². The van der Waals surface area contributed by atoms with E-state index < -0.39 is 0 Å². The van der Waals surface area contributed by atoms with E-state index in [-0.39, 0.29) is 11.7 Å². The third-order valence-electron chi connectivity index (χ3n) is 1.49. The van der Waals surface area contributed by atoms with Crippen LogP contribution in [-0.2, 0) is 9.59 Å².